The number of hydrogen-bond donors (Lipinski definition) is 3. The molecule has 2 aromatic rings. The Labute approximate surface area is 110 Å². The molecule has 0 aliphatic rings. The molecular weight excluding hydrogens is 244 g/mol. The SMILES string of the molecule is Cc1n[nH]c(C)c1C(C)NC(=O)c1ccc(=O)[nH]c1. The summed E-state index contributed by atoms with van der Waals surface area (Å²) in [6, 6.07) is 2.67. The van der Waals surface area contributed by atoms with Crippen LogP contribution in [0.15, 0.2) is 23.1 Å². The van der Waals surface area contributed by atoms with Crippen molar-refractivity contribution in [1.29, 1.82) is 0 Å². The molecule has 0 spiro atoms. The summed E-state index contributed by atoms with van der Waals surface area (Å²) in [4.78, 5) is 25.4. The first-order valence-corrected chi connectivity index (χ1v) is 6.00. The van der Waals surface area contributed by atoms with Gasteiger partial charge in [-0.15, -0.1) is 0 Å². The van der Waals surface area contributed by atoms with Crippen molar-refractivity contribution in [2.24, 2.45) is 0 Å². The quantitative estimate of drug-likeness (QED) is 0.774. The highest BCUT2D eigenvalue weighted by Gasteiger charge is 2.17. The number of rotatable bonds is 3. The van der Waals surface area contributed by atoms with Gasteiger partial charge in [0.25, 0.3) is 5.91 Å². The lowest BCUT2D eigenvalue weighted by molar-refractivity contribution is 0.0939. The topological polar surface area (TPSA) is 90.6 Å². The second-order valence-corrected chi connectivity index (χ2v) is 4.48. The van der Waals surface area contributed by atoms with Crippen LogP contribution in [0.5, 0.6) is 0 Å². The van der Waals surface area contributed by atoms with Crippen molar-refractivity contribution in [1.82, 2.24) is 20.5 Å². The first-order valence-electron chi connectivity index (χ1n) is 6.00. The maximum atomic E-state index is 12.0. The fourth-order valence-corrected chi connectivity index (χ4v) is 2.10. The van der Waals surface area contributed by atoms with E-state index in [4.69, 9.17) is 0 Å². The molecule has 0 aliphatic heterocycles. The standard InChI is InChI=1S/C13H16N4O2/c1-7(12-8(2)16-17-9(12)3)15-13(19)10-4-5-11(18)14-6-10/h4-7H,1-3H3,(H,14,18)(H,15,19)(H,16,17). The van der Waals surface area contributed by atoms with Crippen molar-refractivity contribution in [3.63, 3.8) is 0 Å². The molecule has 1 atom stereocenters. The number of H-pyrrole nitrogens is 2. The minimum absolute atomic E-state index is 0.154. The fraction of sp³-hybridized carbons (Fsp3) is 0.308. The third-order valence-corrected chi connectivity index (χ3v) is 3.01. The van der Waals surface area contributed by atoms with Gasteiger partial charge in [0.05, 0.1) is 17.3 Å². The molecule has 0 saturated heterocycles. The highest BCUT2D eigenvalue weighted by Crippen LogP contribution is 2.19. The van der Waals surface area contributed by atoms with Crippen LogP contribution in [0, 0.1) is 13.8 Å². The van der Waals surface area contributed by atoms with Crippen LogP contribution in [0.25, 0.3) is 0 Å². The lowest BCUT2D eigenvalue weighted by atomic mass is 10.1. The van der Waals surface area contributed by atoms with E-state index in [1.165, 1.54) is 18.3 Å². The highest BCUT2D eigenvalue weighted by molar-refractivity contribution is 5.94. The Kier molecular flexibility index (Phi) is 3.50. The van der Waals surface area contributed by atoms with Crippen LogP contribution in [-0.4, -0.2) is 21.1 Å². The number of carbonyl (C=O) groups excluding carboxylic acids is 1. The normalized spacial score (nSPS) is 12.2. The van der Waals surface area contributed by atoms with Crippen molar-refractivity contribution in [3.8, 4) is 0 Å². The maximum Gasteiger partial charge on any atom is 0.253 e. The summed E-state index contributed by atoms with van der Waals surface area (Å²) in [6.07, 6.45) is 1.40. The average molecular weight is 260 g/mol. The molecule has 6 nitrogen and oxygen atoms in total. The number of pyridine rings is 1. The Morgan fingerprint density at radius 3 is 2.63 bits per heavy atom. The zero-order valence-corrected chi connectivity index (χ0v) is 11.1. The van der Waals surface area contributed by atoms with Crippen LogP contribution in [0.4, 0.5) is 0 Å². The maximum absolute atomic E-state index is 12.0. The van der Waals surface area contributed by atoms with Crippen LogP contribution >= 0.6 is 0 Å². The van der Waals surface area contributed by atoms with Gasteiger partial charge in [0.2, 0.25) is 5.56 Å². The van der Waals surface area contributed by atoms with Crippen LogP contribution in [0.2, 0.25) is 0 Å². The summed E-state index contributed by atoms with van der Waals surface area (Å²) in [5.41, 5.74) is 2.98. The van der Waals surface area contributed by atoms with Crippen molar-refractivity contribution < 1.29 is 4.79 Å². The summed E-state index contributed by atoms with van der Waals surface area (Å²) < 4.78 is 0. The smallest absolute Gasteiger partial charge is 0.253 e. The fourth-order valence-electron chi connectivity index (χ4n) is 2.10. The molecule has 1 amide bonds. The van der Waals surface area contributed by atoms with E-state index >= 15 is 0 Å². The molecule has 100 valence electrons. The molecule has 0 fully saturated rings. The van der Waals surface area contributed by atoms with E-state index in [2.05, 4.69) is 20.5 Å². The van der Waals surface area contributed by atoms with Gasteiger partial charge in [-0.3, -0.25) is 14.7 Å². The van der Waals surface area contributed by atoms with Gasteiger partial charge in [0.15, 0.2) is 0 Å². The lowest BCUT2D eigenvalue weighted by Crippen LogP contribution is -2.27. The first-order chi connectivity index (χ1) is 8.99. The number of hydrogen-bond acceptors (Lipinski definition) is 3. The van der Waals surface area contributed by atoms with E-state index in [1.54, 1.807) is 0 Å². The summed E-state index contributed by atoms with van der Waals surface area (Å²) >= 11 is 0. The third-order valence-electron chi connectivity index (χ3n) is 3.01. The van der Waals surface area contributed by atoms with Crippen molar-refractivity contribution in [3.05, 3.63) is 51.2 Å². The molecule has 1 unspecified atom stereocenters. The third kappa shape index (κ3) is 2.73. The Bertz CT molecular complexity index is 617. The molecule has 2 heterocycles. The van der Waals surface area contributed by atoms with Gasteiger partial charge in [-0.1, -0.05) is 0 Å². The van der Waals surface area contributed by atoms with Crippen molar-refractivity contribution >= 4 is 5.91 Å². The molecule has 2 rings (SSSR count). The molecule has 0 aromatic carbocycles. The Morgan fingerprint density at radius 1 is 1.37 bits per heavy atom. The number of aryl methyl sites for hydroxylation is 2. The number of carbonyl (C=O) groups is 1. The molecule has 3 N–H and O–H groups in total. The van der Waals surface area contributed by atoms with Crippen LogP contribution in [0.3, 0.4) is 0 Å². The van der Waals surface area contributed by atoms with Gasteiger partial charge in [-0.2, -0.15) is 5.10 Å². The van der Waals surface area contributed by atoms with E-state index in [9.17, 15) is 9.59 Å². The zero-order chi connectivity index (χ0) is 14.0. The molecule has 0 bridgehead atoms. The number of aromatic amines is 2. The van der Waals surface area contributed by atoms with E-state index < -0.39 is 0 Å². The summed E-state index contributed by atoms with van der Waals surface area (Å²) in [7, 11) is 0. The number of nitrogens with one attached hydrogen (secondary N) is 3. The molecule has 19 heavy (non-hydrogen) atoms. The van der Waals surface area contributed by atoms with E-state index in [0.29, 0.717) is 5.56 Å². The zero-order valence-electron chi connectivity index (χ0n) is 11.1. The van der Waals surface area contributed by atoms with E-state index in [1.807, 2.05) is 20.8 Å². The van der Waals surface area contributed by atoms with E-state index in [0.717, 1.165) is 17.0 Å². The number of aromatic nitrogens is 3. The second kappa shape index (κ2) is 5.09. The predicted octanol–water partition coefficient (Wildman–Crippen LogP) is 1.21. The Morgan fingerprint density at radius 2 is 2.11 bits per heavy atom. The minimum atomic E-state index is -0.233. The first kappa shape index (κ1) is 13.1. The summed E-state index contributed by atoms with van der Waals surface area (Å²) in [5.74, 6) is -0.233. The second-order valence-electron chi connectivity index (χ2n) is 4.48. The number of amides is 1. The van der Waals surface area contributed by atoms with Crippen molar-refractivity contribution in [2.45, 2.75) is 26.8 Å². The highest BCUT2D eigenvalue weighted by atomic mass is 16.2. The largest absolute Gasteiger partial charge is 0.345 e. The van der Waals surface area contributed by atoms with Gasteiger partial charge in [0, 0.05) is 23.5 Å². The molecule has 0 saturated carbocycles. The molecule has 0 radical (unpaired) electrons. The monoisotopic (exact) mass is 260 g/mol. The molecular formula is C13H16N4O2. The van der Waals surface area contributed by atoms with Gasteiger partial charge >= 0.3 is 0 Å². The summed E-state index contributed by atoms with van der Waals surface area (Å²) in [5, 5.41) is 9.87. The van der Waals surface area contributed by atoms with E-state index in [-0.39, 0.29) is 17.5 Å². The molecule has 0 aliphatic carbocycles. The van der Waals surface area contributed by atoms with Gasteiger partial charge < -0.3 is 10.3 Å². The van der Waals surface area contributed by atoms with Crippen molar-refractivity contribution in [2.75, 3.05) is 0 Å². The van der Waals surface area contributed by atoms with Gasteiger partial charge in [-0.05, 0) is 26.8 Å². The lowest BCUT2D eigenvalue weighted by Gasteiger charge is -2.14. The summed E-state index contributed by atoms with van der Waals surface area (Å²) in [6.45, 7) is 5.70. The Hall–Kier alpha value is -2.37. The van der Waals surface area contributed by atoms with Gasteiger partial charge in [-0.25, -0.2) is 0 Å². The molecule has 2 aromatic heterocycles. The molecule has 6 heteroatoms. The Balaban J connectivity index is 2.15. The van der Waals surface area contributed by atoms with Crippen LogP contribution in [0.1, 0.15) is 40.3 Å². The average Bonchev–Trinajstić information content (AvgIpc) is 2.69. The van der Waals surface area contributed by atoms with Crippen LogP contribution < -0.4 is 10.9 Å². The van der Waals surface area contributed by atoms with Crippen LogP contribution in [-0.2, 0) is 0 Å². The number of nitrogens with zero attached hydrogens (tertiary/aromatic N) is 1. The van der Waals surface area contributed by atoms with Gasteiger partial charge in [0.1, 0.15) is 0 Å². The minimum Gasteiger partial charge on any atom is -0.345 e. The predicted molar refractivity (Wildman–Crippen MR) is 71.0 cm³/mol.